The van der Waals surface area contributed by atoms with Gasteiger partial charge in [-0.25, -0.2) is 0 Å². The normalized spacial score (nSPS) is 26.2. The van der Waals surface area contributed by atoms with Crippen LogP contribution in [0, 0.1) is 12.3 Å². The quantitative estimate of drug-likeness (QED) is 0.703. The third-order valence-electron chi connectivity index (χ3n) is 4.31. The van der Waals surface area contributed by atoms with Crippen molar-refractivity contribution in [2.24, 2.45) is 5.41 Å². The number of nitrogens with zero attached hydrogens (tertiary/aromatic N) is 1. The van der Waals surface area contributed by atoms with E-state index in [1.807, 2.05) is 0 Å². The van der Waals surface area contributed by atoms with Crippen LogP contribution < -0.4 is 0 Å². The Hall–Kier alpha value is 1.06. The van der Waals surface area contributed by atoms with Gasteiger partial charge in [-0.05, 0) is 50.7 Å². The largest absolute Gasteiger partial charge is 0.342 e. The molecule has 0 aromatic rings. The van der Waals surface area contributed by atoms with Crippen LogP contribution in [0.1, 0.15) is 51.4 Å². The molecule has 1 saturated carbocycles. The molecule has 1 saturated heterocycles. The first-order valence-corrected chi connectivity index (χ1v) is 6.36. The summed E-state index contributed by atoms with van der Waals surface area (Å²) in [5.41, 5.74) is 0.774. The molecule has 1 spiro atoms. The zero-order chi connectivity index (χ0) is 9.86. The Kier molecular flexibility index (Phi) is 6.32. The van der Waals surface area contributed by atoms with Gasteiger partial charge >= 0.3 is 0 Å². The van der Waals surface area contributed by atoms with E-state index in [1.165, 1.54) is 64.6 Å². The van der Waals surface area contributed by atoms with Crippen molar-refractivity contribution in [3.8, 4) is 0 Å². The second-order valence-electron chi connectivity index (χ2n) is 5.26. The predicted octanol–water partition coefficient (Wildman–Crippen LogP) is 3.25. The molecule has 1 aliphatic carbocycles. The Labute approximate surface area is 120 Å². The average Bonchev–Trinajstić information content (AvgIpc) is 2.24. The molecule has 2 aliphatic rings. The molecule has 0 atom stereocenters. The number of rotatable bonds is 2. The van der Waals surface area contributed by atoms with Crippen molar-refractivity contribution < 1.29 is 32.7 Å². The molecule has 2 rings (SSSR count). The summed E-state index contributed by atoms with van der Waals surface area (Å²) in [6.45, 7) is 7.85. The number of hydrogen-bond donors (Lipinski definition) is 0. The van der Waals surface area contributed by atoms with Gasteiger partial charge < -0.3 is 11.8 Å². The fourth-order valence-electron chi connectivity index (χ4n) is 3.28. The molecule has 2 heteroatoms. The molecule has 15 heavy (non-hydrogen) atoms. The van der Waals surface area contributed by atoms with Crippen molar-refractivity contribution in [2.75, 3.05) is 19.6 Å². The SMILES string of the molecule is [CH2-]CCN1CCC2(CCCCC2)CC1.[Y]. The van der Waals surface area contributed by atoms with Crippen LogP contribution in [0.4, 0.5) is 0 Å². The van der Waals surface area contributed by atoms with Crippen molar-refractivity contribution in [3.63, 3.8) is 0 Å². The van der Waals surface area contributed by atoms with Gasteiger partial charge in [-0.2, -0.15) is 6.42 Å². The van der Waals surface area contributed by atoms with Crippen LogP contribution in [0.3, 0.4) is 0 Å². The van der Waals surface area contributed by atoms with Gasteiger partial charge in [0.25, 0.3) is 0 Å². The van der Waals surface area contributed by atoms with Crippen LogP contribution in [-0.4, -0.2) is 24.5 Å². The Bertz CT molecular complexity index is 165. The Morgan fingerprint density at radius 3 is 2.07 bits per heavy atom. The first-order valence-electron chi connectivity index (χ1n) is 6.36. The second-order valence-corrected chi connectivity index (χ2v) is 5.26. The topological polar surface area (TPSA) is 3.24 Å². The van der Waals surface area contributed by atoms with Crippen molar-refractivity contribution in [3.05, 3.63) is 6.92 Å². The van der Waals surface area contributed by atoms with E-state index in [0.717, 1.165) is 11.8 Å². The van der Waals surface area contributed by atoms with Gasteiger partial charge in [0.2, 0.25) is 0 Å². The molecule has 1 heterocycles. The van der Waals surface area contributed by atoms with Crippen molar-refractivity contribution in [1.29, 1.82) is 0 Å². The van der Waals surface area contributed by atoms with Crippen LogP contribution in [0.2, 0.25) is 0 Å². The molecule has 1 aliphatic heterocycles. The van der Waals surface area contributed by atoms with Gasteiger partial charge in [0.1, 0.15) is 0 Å². The number of piperidine rings is 1. The third-order valence-corrected chi connectivity index (χ3v) is 4.31. The van der Waals surface area contributed by atoms with E-state index in [2.05, 4.69) is 11.8 Å². The molecule has 0 amide bonds. The monoisotopic (exact) mass is 283 g/mol. The Morgan fingerprint density at radius 2 is 1.53 bits per heavy atom. The minimum absolute atomic E-state index is 0. The maximum atomic E-state index is 3.94. The summed E-state index contributed by atoms with van der Waals surface area (Å²) in [7, 11) is 0. The summed E-state index contributed by atoms with van der Waals surface area (Å²) in [4.78, 5) is 2.60. The van der Waals surface area contributed by atoms with Crippen LogP contribution in [0.25, 0.3) is 0 Å². The maximum Gasteiger partial charge on any atom is 0 e. The van der Waals surface area contributed by atoms with Crippen molar-refractivity contribution in [1.82, 2.24) is 4.90 Å². The van der Waals surface area contributed by atoms with Crippen LogP contribution in [0.15, 0.2) is 0 Å². The zero-order valence-electron chi connectivity index (χ0n) is 10.0. The molecule has 0 N–H and O–H groups in total. The van der Waals surface area contributed by atoms with Crippen molar-refractivity contribution in [2.45, 2.75) is 51.4 Å². The Balaban J connectivity index is 0.00000112. The van der Waals surface area contributed by atoms with Crippen molar-refractivity contribution >= 4 is 0 Å². The summed E-state index contributed by atoms with van der Waals surface area (Å²) in [6.07, 6.45) is 11.5. The van der Waals surface area contributed by atoms with Gasteiger partial charge in [-0.15, -0.1) is 0 Å². The van der Waals surface area contributed by atoms with E-state index in [0.29, 0.717) is 0 Å². The van der Waals surface area contributed by atoms with E-state index < -0.39 is 0 Å². The van der Waals surface area contributed by atoms with Gasteiger partial charge in [0.05, 0.1) is 0 Å². The van der Waals surface area contributed by atoms with Crippen LogP contribution in [0.5, 0.6) is 0 Å². The summed E-state index contributed by atoms with van der Waals surface area (Å²) in [6, 6.07) is 0. The van der Waals surface area contributed by atoms with E-state index in [-0.39, 0.29) is 32.7 Å². The molecule has 0 bridgehead atoms. The Morgan fingerprint density at radius 1 is 0.933 bits per heavy atom. The first-order chi connectivity index (χ1) is 6.85. The van der Waals surface area contributed by atoms with Gasteiger partial charge in [-0.1, -0.05) is 19.3 Å². The molecule has 85 valence electrons. The van der Waals surface area contributed by atoms with Gasteiger partial charge in [0.15, 0.2) is 0 Å². The molecule has 0 aromatic heterocycles. The second kappa shape index (κ2) is 6.72. The summed E-state index contributed by atoms with van der Waals surface area (Å²) in [5, 5.41) is 0. The van der Waals surface area contributed by atoms with E-state index in [4.69, 9.17) is 0 Å². The summed E-state index contributed by atoms with van der Waals surface area (Å²) >= 11 is 0. The van der Waals surface area contributed by atoms with Crippen LogP contribution in [-0.2, 0) is 32.7 Å². The molecule has 1 radical (unpaired) electrons. The molecule has 0 aromatic carbocycles. The zero-order valence-corrected chi connectivity index (χ0v) is 12.8. The molecular weight excluding hydrogens is 259 g/mol. The fraction of sp³-hybridized carbons (Fsp3) is 0.923. The van der Waals surface area contributed by atoms with E-state index >= 15 is 0 Å². The standard InChI is InChI=1S/C13H24N.Y/c1-2-10-14-11-8-13(9-12-14)6-4-3-5-7-13;/h1-12H2;/q-1;. The minimum atomic E-state index is 0. The molecule has 0 unspecified atom stereocenters. The van der Waals surface area contributed by atoms with Gasteiger partial charge in [-0.3, -0.25) is 0 Å². The van der Waals surface area contributed by atoms with Crippen LogP contribution >= 0.6 is 0 Å². The molecule has 2 fully saturated rings. The molecular formula is C13H24NY-. The minimum Gasteiger partial charge on any atom is -0.342 e. The first kappa shape index (κ1) is 14.1. The van der Waals surface area contributed by atoms with Gasteiger partial charge in [0, 0.05) is 32.7 Å². The third kappa shape index (κ3) is 3.78. The smallest absolute Gasteiger partial charge is 0 e. The number of likely N-dealkylation sites (tertiary alicyclic amines) is 1. The maximum absolute atomic E-state index is 3.94. The summed E-state index contributed by atoms with van der Waals surface area (Å²) < 4.78 is 0. The number of hydrogen-bond acceptors (Lipinski definition) is 1. The molecule has 1 nitrogen and oxygen atoms in total. The summed E-state index contributed by atoms with van der Waals surface area (Å²) in [5.74, 6) is 0. The predicted molar refractivity (Wildman–Crippen MR) is 61.2 cm³/mol. The van der Waals surface area contributed by atoms with E-state index in [1.54, 1.807) is 0 Å². The average molecular weight is 283 g/mol. The van der Waals surface area contributed by atoms with E-state index in [9.17, 15) is 0 Å². The fourth-order valence-corrected chi connectivity index (χ4v) is 3.28.